The number of halogens is 2. The first-order valence-electron chi connectivity index (χ1n) is 9.58. The first kappa shape index (κ1) is 22.3. The Bertz CT molecular complexity index is 1250. The molecule has 2 aromatic carbocycles. The molecule has 2 aliphatic heterocycles. The molecule has 170 valence electrons. The van der Waals surface area contributed by atoms with Gasteiger partial charge in [0.1, 0.15) is 11.9 Å². The molecular formula is C20H18ClFN2O7S. The van der Waals surface area contributed by atoms with Crippen molar-refractivity contribution in [2.24, 2.45) is 0 Å². The van der Waals surface area contributed by atoms with Crippen LogP contribution in [0.5, 0.6) is 11.5 Å². The third-order valence-electron chi connectivity index (χ3n) is 5.63. The zero-order valence-electron chi connectivity index (χ0n) is 16.5. The first-order chi connectivity index (χ1) is 15.0. The molecule has 2 aliphatic rings. The van der Waals surface area contributed by atoms with E-state index in [9.17, 15) is 37.7 Å². The molecule has 4 rings (SSSR count). The third kappa shape index (κ3) is 3.55. The van der Waals surface area contributed by atoms with Crippen molar-refractivity contribution in [2.45, 2.75) is 36.9 Å². The Balaban J connectivity index is 1.75. The summed E-state index contributed by atoms with van der Waals surface area (Å²) in [6.07, 6.45) is 0.482. The number of rotatable bonds is 5. The van der Waals surface area contributed by atoms with Crippen molar-refractivity contribution in [3.05, 3.63) is 51.8 Å². The van der Waals surface area contributed by atoms with Crippen LogP contribution in [-0.2, 0) is 27.9 Å². The fraction of sp³-hybridized carbons (Fsp3) is 0.300. The summed E-state index contributed by atoms with van der Waals surface area (Å²) >= 11 is 5.78. The number of carbonyl (C=O) groups is 2. The summed E-state index contributed by atoms with van der Waals surface area (Å²) in [7, 11) is -4.40. The zero-order valence-corrected chi connectivity index (χ0v) is 18.0. The highest BCUT2D eigenvalue weighted by Gasteiger charge is 2.44. The number of benzene rings is 2. The lowest BCUT2D eigenvalue weighted by molar-refractivity contribution is -0.140. The summed E-state index contributed by atoms with van der Waals surface area (Å²) in [4.78, 5) is 25.2. The Morgan fingerprint density at radius 2 is 1.97 bits per heavy atom. The average Bonchev–Trinajstić information content (AvgIpc) is 3.34. The highest BCUT2D eigenvalue weighted by Crippen LogP contribution is 2.43. The van der Waals surface area contributed by atoms with Crippen molar-refractivity contribution in [3.8, 4) is 11.5 Å². The number of carboxylic acids is 1. The second-order valence-corrected chi connectivity index (χ2v) is 9.88. The number of carbonyl (C=O) groups excluding carboxylic acids is 1. The van der Waals surface area contributed by atoms with E-state index in [-0.39, 0.29) is 42.2 Å². The van der Waals surface area contributed by atoms with Crippen LogP contribution in [-0.4, -0.2) is 57.4 Å². The van der Waals surface area contributed by atoms with Crippen molar-refractivity contribution in [1.82, 2.24) is 9.21 Å². The van der Waals surface area contributed by atoms with Gasteiger partial charge in [0, 0.05) is 31.3 Å². The predicted octanol–water partition coefficient (Wildman–Crippen LogP) is 2.28. The van der Waals surface area contributed by atoms with Gasteiger partial charge in [-0.05, 0) is 30.5 Å². The summed E-state index contributed by atoms with van der Waals surface area (Å²) in [5, 5.41) is 29.6. The summed E-state index contributed by atoms with van der Waals surface area (Å²) in [5.74, 6) is -4.24. The largest absolute Gasteiger partial charge is 0.504 e. The van der Waals surface area contributed by atoms with Gasteiger partial charge in [-0.3, -0.25) is 9.59 Å². The van der Waals surface area contributed by atoms with Crippen LogP contribution >= 0.6 is 11.6 Å². The lowest BCUT2D eigenvalue weighted by Crippen LogP contribution is -2.40. The number of hydrogen-bond acceptors (Lipinski definition) is 6. The number of nitrogens with zero attached hydrogens (tertiary/aromatic N) is 2. The van der Waals surface area contributed by atoms with Crippen LogP contribution in [0, 0.1) is 5.82 Å². The minimum Gasteiger partial charge on any atom is -0.504 e. The zero-order chi connectivity index (χ0) is 23.4. The van der Waals surface area contributed by atoms with Crippen LogP contribution < -0.4 is 0 Å². The maximum Gasteiger partial charge on any atom is 0.322 e. The molecule has 0 bridgehead atoms. The Morgan fingerprint density at radius 1 is 1.25 bits per heavy atom. The molecular weight excluding hydrogens is 467 g/mol. The lowest BCUT2D eigenvalue weighted by Gasteiger charge is -2.22. The van der Waals surface area contributed by atoms with Gasteiger partial charge in [0.25, 0.3) is 5.91 Å². The van der Waals surface area contributed by atoms with E-state index in [0.29, 0.717) is 12.0 Å². The summed E-state index contributed by atoms with van der Waals surface area (Å²) in [5.41, 5.74) is 0.0496. The number of carboxylic acid groups (broad SMARTS) is 1. The first-order valence-corrected chi connectivity index (χ1v) is 11.4. The molecule has 0 spiro atoms. The molecule has 1 saturated heterocycles. The molecule has 0 aromatic heterocycles. The molecule has 0 radical (unpaired) electrons. The number of phenolic OH excluding ortho intramolecular Hbond substituents is 2. The highest BCUT2D eigenvalue weighted by atomic mass is 35.5. The topological polar surface area (TPSA) is 135 Å². The standard InChI is InChI=1S/C20H18ClFN2O7S/c21-12-6-10(3-4-13(12)22)8-23-9-11-16(7-15(25)18(26)17(11)19(23)27)32(30,31)24-5-1-2-14(24)20(28)29/h3-4,6-7,14,25-26H,1-2,5,8-9H2,(H,28,29). The number of hydrogen-bond donors (Lipinski definition) is 3. The van der Waals surface area contributed by atoms with Gasteiger partial charge < -0.3 is 20.2 Å². The molecule has 3 N–H and O–H groups in total. The number of phenols is 2. The molecule has 9 nitrogen and oxygen atoms in total. The van der Waals surface area contributed by atoms with Gasteiger partial charge in [0.15, 0.2) is 11.5 Å². The van der Waals surface area contributed by atoms with Crippen molar-refractivity contribution in [3.63, 3.8) is 0 Å². The van der Waals surface area contributed by atoms with Crippen molar-refractivity contribution < 1.29 is 37.7 Å². The van der Waals surface area contributed by atoms with E-state index in [1.165, 1.54) is 17.0 Å². The van der Waals surface area contributed by atoms with Gasteiger partial charge >= 0.3 is 5.97 Å². The van der Waals surface area contributed by atoms with Crippen molar-refractivity contribution >= 4 is 33.5 Å². The summed E-state index contributed by atoms with van der Waals surface area (Å²) in [6.45, 7) is -0.312. The van der Waals surface area contributed by atoms with Gasteiger partial charge in [-0.15, -0.1) is 0 Å². The fourth-order valence-corrected chi connectivity index (χ4v) is 6.19. The molecule has 2 heterocycles. The van der Waals surface area contributed by atoms with Crippen LogP contribution in [0.4, 0.5) is 4.39 Å². The van der Waals surface area contributed by atoms with Gasteiger partial charge in [-0.1, -0.05) is 17.7 Å². The van der Waals surface area contributed by atoms with Crippen molar-refractivity contribution in [2.75, 3.05) is 6.54 Å². The average molecular weight is 485 g/mol. The molecule has 1 amide bonds. The minimum absolute atomic E-state index is 0.0263. The van der Waals surface area contributed by atoms with Gasteiger partial charge in [0.2, 0.25) is 10.0 Å². The maximum absolute atomic E-state index is 13.4. The highest BCUT2D eigenvalue weighted by molar-refractivity contribution is 7.89. The van der Waals surface area contributed by atoms with E-state index in [0.717, 1.165) is 16.4 Å². The molecule has 1 atom stereocenters. The normalized spacial score (nSPS) is 18.9. The van der Waals surface area contributed by atoms with Crippen LogP contribution in [0.15, 0.2) is 29.2 Å². The Morgan fingerprint density at radius 3 is 2.62 bits per heavy atom. The maximum atomic E-state index is 13.4. The van der Waals surface area contributed by atoms with Crippen LogP contribution in [0.1, 0.15) is 34.3 Å². The molecule has 32 heavy (non-hydrogen) atoms. The third-order valence-corrected chi connectivity index (χ3v) is 7.89. The smallest absolute Gasteiger partial charge is 0.322 e. The Hall–Kier alpha value is -2.89. The molecule has 12 heteroatoms. The molecule has 1 fully saturated rings. The number of sulfonamides is 1. The second kappa shape index (κ2) is 7.91. The minimum atomic E-state index is -4.40. The number of aliphatic carboxylic acids is 1. The monoisotopic (exact) mass is 484 g/mol. The van der Waals surface area contributed by atoms with E-state index in [4.69, 9.17) is 11.6 Å². The predicted molar refractivity (Wildman–Crippen MR) is 109 cm³/mol. The molecule has 1 unspecified atom stereocenters. The number of amides is 1. The summed E-state index contributed by atoms with van der Waals surface area (Å²) < 4.78 is 40.9. The lowest BCUT2D eigenvalue weighted by atomic mass is 10.1. The molecule has 0 saturated carbocycles. The van der Waals surface area contributed by atoms with Crippen LogP contribution in [0.2, 0.25) is 5.02 Å². The van der Waals surface area contributed by atoms with E-state index in [1.807, 2.05) is 0 Å². The van der Waals surface area contributed by atoms with E-state index < -0.39 is 50.2 Å². The second-order valence-electron chi connectivity index (χ2n) is 7.62. The molecule has 0 aliphatic carbocycles. The van der Waals surface area contributed by atoms with Gasteiger partial charge in [-0.2, -0.15) is 4.31 Å². The van der Waals surface area contributed by atoms with Crippen LogP contribution in [0.3, 0.4) is 0 Å². The Kier molecular flexibility index (Phi) is 5.51. The van der Waals surface area contributed by atoms with E-state index in [1.54, 1.807) is 0 Å². The SMILES string of the molecule is O=C(O)C1CCCN1S(=O)(=O)c1cc(O)c(O)c2c1CN(Cc1ccc(F)c(Cl)c1)C2=O. The fourth-order valence-electron chi connectivity index (χ4n) is 4.10. The van der Waals surface area contributed by atoms with Crippen molar-refractivity contribution in [1.29, 1.82) is 0 Å². The quantitative estimate of drug-likeness (QED) is 0.554. The summed E-state index contributed by atoms with van der Waals surface area (Å²) in [6, 6.07) is 3.43. The van der Waals surface area contributed by atoms with E-state index >= 15 is 0 Å². The number of fused-ring (bicyclic) bond motifs is 1. The van der Waals surface area contributed by atoms with Gasteiger partial charge in [0.05, 0.1) is 15.5 Å². The van der Waals surface area contributed by atoms with Crippen LogP contribution in [0.25, 0.3) is 0 Å². The van der Waals surface area contributed by atoms with E-state index in [2.05, 4.69) is 0 Å². The van der Waals surface area contributed by atoms with Gasteiger partial charge in [-0.25, -0.2) is 12.8 Å². The molecule has 2 aromatic rings. The number of aromatic hydroxyl groups is 2. The Labute approximate surface area is 187 Å².